The third kappa shape index (κ3) is 3.43. The SMILES string of the molecule is CN(C(=O)CC1CCCC1)C1CC2CCC(C1)N2.Cl. The normalized spacial score (nSPS) is 34.1. The van der Waals surface area contributed by atoms with Crippen LogP contribution in [0.4, 0.5) is 0 Å². The molecule has 1 N–H and O–H groups in total. The highest BCUT2D eigenvalue weighted by Crippen LogP contribution is 2.31. The molecule has 1 aliphatic carbocycles. The number of hydrogen-bond donors (Lipinski definition) is 1. The Morgan fingerprint density at radius 1 is 1.11 bits per heavy atom. The van der Waals surface area contributed by atoms with Gasteiger partial charge in [-0.15, -0.1) is 12.4 Å². The molecule has 1 saturated carbocycles. The molecule has 3 nitrogen and oxygen atoms in total. The number of nitrogens with one attached hydrogen (secondary N) is 1. The minimum atomic E-state index is 0. The van der Waals surface area contributed by atoms with Crippen molar-refractivity contribution in [3.05, 3.63) is 0 Å². The molecular weight excluding hydrogens is 260 g/mol. The van der Waals surface area contributed by atoms with Crippen LogP contribution in [0.3, 0.4) is 0 Å². The third-order valence-electron chi connectivity index (χ3n) is 5.33. The molecule has 0 radical (unpaired) electrons. The number of amides is 1. The molecule has 4 heteroatoms. The van der Waals surface area contributed by atoms with E-state index in [0.29, 0.717) is 30.0 Å². The van der Waals surface area contributed by atoms with Gasteiger partial charge >= 0.3 is 0 Å². The van der Waals surface area contributed by atoms with Gasteiger partial charge in [0.1, 0.15) is 0 Å². The zero-order valence-electron chi connectivity index (χ0n) is 11.9. The molecule has 2 unspecified atom stereocenters. The van der Waals surface area contributed by atoms with Crippen molar-refractivity contribution in [3.8, 4) is 0 Å². The van der Waals surface area contributed by atoms with Crippen molar-refractivity contribution in [2.45, 2.75) is 75.9 Å². The summed E-state index contributed by atoms with van der Waals surface area (Å²) in [4.78, 5) is 14.4. The number of halogens is 1. The van der Waals surface area contributed by atoms with Gasteiger partial charge in [0.15, 0.2) is 0 Å². The molecule has 19 heavy (non-hydrogen) atoms. The summed E-state index contributed by atoms with van der Waals surface area (Å²) >= 11 is 0. The Labute approximate surface area is 122 Å². The summed E-state index contributed by atoms with van der Waals surface area (Å²) in [5.41, 5.74) is 0. The predicted octanol–water partition coefficient (Wildman–Crippen LogP) is 2.73. The Balaban J connectivity index is 0.00000133. The van der Waals surface area contributed by atoms with E-state index < -0.39 is 0 Å². The van der Waals surface area contributed by atoms with Crippen molar-refractivity contribution in [3.63, 3.8) is 0 Å². The molecule has 2 atom stereocenters. The Bertz CT molecular complexity index is 305. The number of piperidine rings is 1. The first kappa shape index (κ1) is 15.1. The van der Waals surface area contributed by atoms with Gasteiger partial charge in [0.2, 0.25) is 5.91 Å². The summed E-state index contributed by atoms with van der Waals surface area (Å²) in [6, 6.07) is 1.85. The molecule has 0 aromatic carbocycles. The van der Waals surface area contributed by atoms with Gasteiger partial charge in [0, 0.05) is 31.6 Å². The molecule has 2 heterocycles. The van der Waals surface area contributed by atoms with Crippen LogP contribution in [0.1, 0.15) is 57.8 Å². The zero-order chi connectivity index (χ0) is 12.5. The van der Waals surface area contributed by atoms with Crippen molar-refractivity contribution in [1.29, 1.82) is 0 Å². The van der Waals surface area contributed by atoms with Gasteiger partial charge in [-0.05, 0) is 44.4 Å². The van der Waals surface area contributed by atoms with Gasteiger partial charge in [-0.1, -0.05) is 12.8 Å². The number of carbonyl (C=O) groups is 1. The monoisotopic (exact) mass is 286 g/mol. The summed E-state index contributed by atoms with van der Waals surface area (Å²) in [6.07, 6.45) is 11.0. The number of rotatable bonds is 3. The second-order valence-corrected chi connectivity index (χ2v) is 6.62. The summed E-state index contributed by atoms with van der Waals surface area (Å²) in [5.74, 6) is 1.08. The molecule has 3 aliphatic rings. The minimum absolute atomic E-state index is 0. The van der Waals surface area contributed by atoms with Crippen LogP contribution in [0.15, 0.2) is 0 Å². The lowest BCUT2D eigenvalue weighted by atomic mass is 9.97. The van der Waals surface area contributed by atoms with E-state index in [9.17, 15) is 4.79 Å². The first-order valence-electron chi connectivity index (χ1n) is 7.74. The van der Waals surface area contributed by atoms with Gasteiger partial charge in [-0.2, -0.15) is 0 Å². The fraction of sp³-hybridized carbons (Fsp3) is 0.933. The lowest BCUT2D eigenvalue weighted by Crippen LogP contribution is -2.48. The fourth-order valence-corrected chi connectivity index (χ4v) is 4.15. The first-order valence-corrected chi connectivity index (χ1v) is 7.74. The Kier molecular flexibility index (Phi) is 5.13. The molecule has 2 aliphatic heterocycles. The molecule has 0 spiro atoms. The van der Waals surface area contributed by atoms with E-state index in [-0.39, 0.29) is 12.4 Å². The van der Waals surface area contributed by atoms with Crippen LogP contribution in [0.5, 0.6) is 0 Å². The van der Waals surface area contributed by atoms with Crippen LogP contribution in [-0.2, 0) is 4.79 Å². The highest BCUT2D eigenvalue weighted by molar-refractivity contribution is 5.85. The van der Waals surface area contributed by atoms with Gasteiger partial charge in [-0.3, -0.25) is 4.79 Å². The van der Waals surface area contributed by atoms with Gasteiger partial charge in [0.05, 0.1) is 0 Å². The van der Waals surface area contributed by atoms with Crippen molar-refractivity contribution in [2.75, 3.05) is 7.05 Å². The maximum atomic E-state index is 12.3. The molecule has 2 bridgehead atoms. The molecule has 3 fully saturated rings. The molecule has 110 valence electrons. The van der Waals surface area contributed by atoms with Crippen molar-refractivity contribution in [2.24, 2.45) is 5.92 Å². The summed E-state index contributed by atoms with van der Waals surface area (Å²) in [7, 11) is 2.03. The van der Waals surface area contributed by atoms with E-state index in [2.05, 4.69) is 10.2 Å². The lowest BCUT2D eigenvalue weighted by molar-refractivity contribution is -0.133. The van der Waals surface area contributed by atoms with Crippen LogP contribution < -0.4 is 5.32 Å². The topological polar surface area (TPSA) is 32.3 Å². The highest BCUT2D eigenvalue weighted by Gasteiger charge is 2.36. The molecule has 2 saturated heterocycles. The van der Waals surface area contributed by atoms with Gasteiger partial charge < -0.3 is 10.2 Å². The van der Waals surface area contributed by atoms with E-state index >= 15 is 0 Å². The lowest BCUT2D eigenvalue weighted by Gasteiger charge is -2.36. The van der Waals surface area contributed by atoms with Crippen LogP contribution >= 0.6 is 12.4 Å². The number of nitrogens with zero attached hydrogens (tertiary/aromatic N) is 1. The summed E-state index contributed by atoms with van der Waals surface area (Å²) < 4.78 is 0. The number of hydrogen-bond acceptors (Lipinski definition) is 2. The van der Waals surface area contributed by atoms with Gasteiger partial charge in [0.25, 0.3) is 0 Å². The second kappa shape index (κ2) is 6.45. The average molecular weight is 287 g/mol. The zero-order valence-corrected chi connectivity index (χ0v) is 12.8. The molecular formula is C15H27ClN2O. The first-order chi connectivity index (χ1) is 8.72. The quantitative estimate of drug-likeness (QED) is 0.865. The molecule has 0 aromatic rings. The summed E-state index contributed by atoms with van der Waals surface area (Å²) in [6.45, 7) is 0. The largest absolute Gasteiger partial charge is 0.343 e. The third-order valence-corrected chi connectivity index (χ3v) is 5.33. The van der Waals surface area contributed by atoms with Crippen molar-refractivity contribution < 1.29 is 4.79 Å². The van der Waals surface area contributed by atoms with E-state index in [1.807, 2.05) is 7.05 Å². The predicted molar refractivity (Wildman–Crippen MR) is 79.6 cm³/mol. The second-order valence-electron chi connectivity index (χ2n) is 6.62. The van der Waals surface area contributed by atoms with Crippen molar-refractivity contribution >= 4 is 18.3 Å². The van der Waals surface area contributed by atoms with Crippen molar-refractivity contribution in [1.82, 2.24) is 10.2 Å². The highest BCUT2D eigenvalue weighted by atomic mass is 35.5. The maximum Gasteiger partial charge on any atom is 0.222 e. The van der Waals surface area contributed by atoms with E-state index in [0.717, 1.165) is 6.42 Å². The number of fused-ring (bicyclic) bond motifs is 2. The van der Waals surface area contributed by atoms with E-state index in [1.54, 1.807) is 0 Å². The Hall–Kier alpha value is -0.280. The maximum absolute atomic E-state index is 12.3. The molecule has 3 rings (SSSR count). The minimum Gasteiger partial charge on any atom is -0.343 e. The van der Waals surface area contributed by atoms with Crippen LogP contribution in [-0.4, -0.2) is 36.0 Å². The van der Waals surface area contributed by atoms with E-state index in [4.69, 9.17) is 0 Å². The average Bonchev–Trinajstić information content (AvgIpc) is 2.98. The Morgan fingerprint density at radius 2 is 1.68 bits per heavy atom. The fourth-order valence-electron chi connectivity index (χ4n) is 4.15. The van der Waals surface area contributed by atoms with E-state index in [1.165, 1.54) is 51.4 Å². The Morgan fingerprint density at radius 3 is 2.26 bits per heavy atom. The summed E-state index contributed by atoms with van der Waals surface area (Å²) in [5, 5.41) is 3.65. The molecule has 1 amide bonds. The smallest absolute Gasteiger partial charge is 0.222 e. The van der Waals surface area contributed by atoms with Crippen LogP contribution in [0, 0.1) is 5.92 Å². The van der Waals surface area contributed by atoms with Gasteiger partial charge in [-0.25, -0.2) is 0 Å². The van der Waals surface area contributed by atoms with Crippen LogP contribution in [0.25, 0.3) is 0 Å². The van der Waals surface area contributed by atoms with Crippen LogP contribution in [0.2, 0.25) is 0 Å². The molecule has 0 aromatic heterocycles. The number of carbonyl (C=O) groups excluding carboxylic acids is 1. The standard InChI is InChI=1S/C15H26N2O.ClH/c1-17(15(18)8-11-4-2-3-5-11)14-9-12-6-7-13(10-14)16-12;/h11-14,16H,2-10H2,1H3;1H.